The molecule has 3 aromatic carbocycles. The Hall–Kier alpha value is -4.42. The first-order valence-corrected chi connectivity index (χ1v) is 18.2. The van der Waals surface area contributed by atoms with Gasteiger partial charge in [0.25, 0.3) is 5.56 Å². The van der Waals surface area contributed by atoms with Crippen LogP contribution >= 0.6 is 6.64 Å². The summed E-state index contributed by atoms with van der Waals surface area (Å²) in [5.41, 5.74) is 0.483. The van der Waals surface area contributed by atoms with E-state index in [4.69, 9.17) is 35.3 Å². The summed E-state index contributed by atoms with van der Waals surface area (Å²) in [6.45, 7) is -2.05. The molecule has 1 saturated heterocycles. The van der Waals surface area contributed by atoms with Crippen molar-refractivity contribution in [2.75, 3.05) is 20.8 Å². The zero-order valence-corrected chi connectivity index (χ0v) is 28.9. The Morgan fingerprint density at radius 2 is 1.45 bits per heavy atom. The van der Waals surface area contributed by atoms with Crippen LogP contribution in [-0.4, -0.2) is 47.5 Å². The lowest BCUT2D eigenvalue weighted by Gasteiger charge is -2.39. The first-order valence-electron chi connectivity index (χ1n) is 15.6. The zero-order chi connectivity index (χ0) is 34.6. The van der Waals surface area contributed by atoms with Gasteiger partial charge >= 0.3 is 12.3 Å². The van der Waals surface area contributed by atoms with Gasteiger partial charge in [-0.2, -0.15) is 0 Å². The summed E-state index contributed by atoms with van der Waals surface area (Å²) in [7, 11) is 3.22. The molecule has 1 aliphatic rings. The van der Waals surface area contributed by atoms with E-state index in [-0.39, 0.29) is 13.0 Å². The Morgan fingerprint density at radius 3 is 2.02 bits per heavy atom. The van der Waals surface area contributed by atoms with E-state index in [9.17, 15) is 14.5 Å². The van der Waals surface area contributed by atoms with Crippen LogP contribution in [0.4, 0.5) is 0 Å². The maximum Gasteiger partial charge on any atom is 0.461 e. The number of nitrogens with zero attached hydrogens (tertiary/aromatic N) is 2. The minimum atomic E-state index is -3.51. The van der Waals surface area contributed by atoms with Crippen molar-refractivity contribution in [1.82, 2.24) is 9.55 Å². The van der Waals surface area contributed by atoms with Gasteiger partial charge in [-0.05, 0) is 47.9 Å². The molecular weight excluding hydrogens is 665 g/mol. The summed E-state index contributed by atoms with van der Waals surface area (Å²) < 4.78 is 33.7. The third kappa shape index (κ3) is 7.16. The third-order valence-electron chi connectivity index (χ3n) is 8.54. The molecule has 1 unspecified atom stereocenters. The van der Waals surface area contributed by atoms with E-state index in [0.717, 1.165) is 16.7 Å². The smallest absolute Gasteiger partial charge is 0.461 e. The molecular formula is C36H37N3O8PS+. The molecule has 49 heavy (non-hydrogen) atoms. The first kappa shape index (κ1) is 34.4. The highest BCUT2D eigenvalue weighted by Gasteiger charge is 2.47. The molecule has 2 aromatic heterocycles. The quantitative estimate of drug-likeness (QED) is 0.142. The van der Waals surface area contributed by atoms with Crippen molar-refractivity contribution in [2.24, 2.45) is 0 Å². The Bertz CT molecular complexity index is 1990. The standard InChI is InChI=1S/C36H36N3O8PS/c1-25-23-39(35(41)37-34(25)40)33-22-31(32(46-33)24-45-48(42,49)38-20-8-5-9-21-38)47-36(26-10-6-4-7-11-26,27-12-16-29(43-2)17-13-27)28-14-18-30(44-3)19-15-28/h4-21,23,31-33H,22,24H2,1-3H3,(H-,37,40,41,42,49)/p+1/t31-,32+,33+,48?/m0/s1. The molecule has 0 aliphatic carbocycles. The number of nitrogens with one attached hydrogen (secondary N) is 1. The maximum atomic E-state index is 13.0. The predicted octanol–water partition coefficient (Wildman–Crippen LogP) is 4.60. The van der Waals surface area contributed by atoms with Gasteiger partial charge in [-0.15, -0.1) is 4.34 Å². The Labute approximate surface area is 288 Å². The van der Waals surface area contributed by atoms with Gasteiger partial charge in [-0.25, -0.2) is 4.79 Å². The number of hydrogen-bond donors (Lipinski definition) is 2. The number of hydrogen-bond acceptors (Lipinski definition) is 8. The SMILES string of the molecule is COc1ccc(C(O[C@H]2C[C@H](n3cc(C)c(=O)[nH]c3=O)O[C@@H]2COP(O)(=S)[n+]2ccccc2)(c2ccccc2)c2ccc(OC)cc2)cc1. The number of aryl methyl sites for hydroxylation is 1. The Morgan fingerprint density at radius 1 is 0.898 bits per heavy atom. The lowest BCUT2D eigenvalue weighted by molar-refractivity contribution is -0.531. The number of rotatable bonds is 12. The number of aromatic nitrogens is 3. The van der Waals surface area contributed by atoms with E-state index >= 15 is 0 Å². The molecule has 3 heterocycles. The highest BCUT2D eigenvalue weighted by atomic mass is 32.5. The fourth-order valence-electron chi connectivity index (χ4n) is 6.00. The van der Waals surface area contributed by atoms with Crippen LogP contribution in [0, 0.1) is 6.92 Å². The average Bonchev–Trinajstić information content (AvgIpc) is 3.54. The lowest BCUT2D eigenvalue weighted by Crippen LogP contribution is -2.41. The Balaban J connectivity index is 1.48. The number of benzene rings is 3. The van der Waals surface area contributed by atoms with Crippen LogP contribution in [0.25, 0.3) is 0 Å². The second-order valence-corrected chi connectivity index (χ2v) is 14.7. The van der Waals surface area contributed by atoms with Crippen LogP contribution < -0.4 is 25.1 Å². The van der Waals surface area contributed by atoms with Crippen LogP contribution in [0.5, 0.6) is 11.5 Å². The van der Waals surface area contributed by atoms with Crippen LogP contribution in [-0.2, 0) is 31.4 Å². The second kappa shape index (κ2) is 14.6. The minimum absolute atomic E-state index is 0.149. The zero-order valence-electron chi connectivity index (χ0n) is 27.2. The van der Waals surface area contributed by atoms with Gasteiger partial charge in [0.2, 0.25) is 0 Å². The molecule has 0 bridgehead atoms. The van der Waals surface area contributed by atoms with Crippen molar-refractivity contribution in [3.05, 3.63) is 159 Å². The van der Waals surface area contributed by atoms with E-state index in [0.29, 0.717) is 17.1 Å². The topological polar surface area (TPSA) is 125 Å². The number of ether oxygens (including phenoxy) is 4. The molecule has 13 heteroatoms. The molecule has 2 N–H and O–H groups in total. The second-order valence-electron chi connectivity index (χ2n) is 11.5. The molecule has 6 rings (SSSR count). The van der Waals surface area contributed by atoms with Crippen LogP contribution in [0.15, 0.2) is 125 Å². The molecule has 0 saturated carbocycles. The molecule has 5 aromatic rings. The number of pyridine rings is 1. The van der Waals surface area contributed by atoms with Gasteiger partial charge in [-0.3, -0.25) is 23.8 Å². The number of H-pyrrole nitrogens is 1. The van der Waals surface area contributed by atoms with Crippen LogP contribution in [0.1, 0.15) is 34.9 Å². The van der Waals surface area contributed by atoms with Crippen molar-refractivity contribution in [3.63, 3.8) is 0 Å². The highest BCUT2D eigenvalue weighted by Crippen LogP contribution is 2.46. The molecule has 1 fully saturated rings. The summed E-state index contributed by atoms with van der Waals surface area (Å²) >= 11 is 5.54. The van der Waals surface area contributed by atoms with Gasteiger partial charge < -0.3 is 18.9 Å². The molecule has 4 atom stereocenters. The van der Waals surface area contributed by atoms with Gasteiger partial charge in [0.1, 0.15) is 29.4 Å². The van der Waals surface area contributed by atoms with Crippen LogP contribution in [0.3, 0.4) is 0 Å². The fraction of sp³-hybridized carbons (Fsp3) is 0.250. The van der Waals surface area contributed by atoms with Crippen molar-refractivity contribution >= 4 is 18.4 Å². The van der Waals surface area contributed by atoms with E-state index in [1.165, 1.54) is 15.1 Å². The molecule has 0 spiro atoms. The van der Waals surface area contributed by atoms with Crippen molar-refractivity contribution in [2.45, 2.75) is 37.4 Å². The van der Waals surface area contributed by atoms with Gasteiger partial charge in [0, 0.05) is 42.1 Å². The van der Waals surface area contributed by atoms with Crippen molar-refractivity contribution in [1.29, 1.82) is 0 Å². The van der Waals surface area contributed by atoms with Gasteiger partial charge in [0.05, 0.1) is 26.9 Å². The molecule has 0 amide bonds. The van der Waals surface area contributed by atoms with Crippen molar-refractivity contribution in [3.8, 4) is 11.5 Å². The average molecular weight is 703 g/mol. The number of methoxy groups -OCH3 is 2. The molecule has 1 aliphatic heterocycles. The van der Waals surface area contributed by atoms with E-state index < -0.39 is 41.9 Å². The first-order chi connectivity index (χ1) is 23.6. The van der Waals surface area contributed by atoms with Gasteiger partial charge in [0.15, 0.2) is 12.4 Å². The molecule has 11 nitrogen and oxygen atoms in total. The van der Waals surface area contributed by atoms with E-state index in [1.54, 1.807) is 45.7 Å². The summed E-state index contributed by atoms with van der Waals surface area (Å²) in [6, 6.07) is 30.4. The summed E-state index contributed by atoms with van der Waals surface area (Å²) in [5, 5.41) is 0. The third-order valence-corrected chi connectivity index (χ3v) is 10.8. The lowest BCUT2D eigenvalue weighted by atomic mass is 9.79. The molecule has 0 radical (unpaired) electrons. The van der Waals surface area contributed by atoms with E-state index in [2.05, 4.69) is 4.98 Å². The summed E-state index contributed by atoms with van der Waals surface area (Å²) in [6.07, 6.45) is 2.61. The highest BCUT2D eigenvalue weighted by molar-refractivity contribution is 8.06. The fourth-order valence-corrected chi connectivity index (χ4v) is 7.47. The normalized spacial score (nSPS) is 18.9. The largest absolute Gasteiger partial charge is 0.497 e. The number of aromatic amines is 1. The predicted molar refractivity (Wildman–Crippen MR) is 186 cm³/mol. The maximum absolute atomic E-state index is 13.0. The Kier molecular flexibility index (Phi) is 10.3. The van der Waals surface area contributed by atoms with Crippen molar-refractivity contribution < 1.29 is 32.7 Å². The van der Waals surface area contributed by atoms with E-state index in [1.807, 2.05) is 84.9 Å². The van der Waals surface area contributed by atoms with Gasteiger partial charge in [-0.1, -0.05) is 60.7 Å². The van der Waals surface area contributed by atoms with Crippen LogP contribution in [0.2, 0.25) is 0 Å². The molecule has 254 valence electrons. The summed E-state index contributed by atoms with van der Waals surface area (Å²) in [4.78, 5) is 38.9. The monoisotopic (exact) mass is 702 g/mol. The summed E-state index contributed by atoms with van der Waals surface area (Å²) in [5.74, 6) is 1.35. The minimum Gasteiger partial charge on any atom is -0.497 e.